The van der Waals surface area contributed by atoms with Gasteiger partial charge in [-0.1, -0.05) is 13.0 Å². The minimum absolute atomic E-state index is 0.0208. The predicted molar refractivity (Wildman–Crippen MR) is 65.1 cm³/mol. The van der Waals surface area contributed by atoms with Crippen LogP contribution in [0.15, 0.2) is 18.2 Å². The summed E-state index contributed by atoms with van der Waals surface area (Å²) < 4.78 is 37.2. The Hall–Kier alpha value is -1.72. The van der Waals surface area contributed by atoms with E-state index in [-0.39, 0.29) is 17.9 Å². The Kier molecular flexibility index (Phi) is 4.80. The number of amides is 1. The molecular formula is C13H16F3NO2. The van der Waals surface area contributed by atoms with E-state index < -0.39 is 18.6 Å². The zero-order valence-electron chi connectivity index (χ0n) is 10.8. The van der Waals surface area contributed by atoms with Crippen LogP contribution in [0.5, 0.6) is 5.75 Å². The first-order chi connectivity index (χ1) is 8.74. The third-order valence-corrected chi connectivity index (χ3v) is 2.61. The molecule has 106 valence electrons. The molecule has 6 heteroatoms. The molecule has 0 fully saturated rings. The lowest BCUT2D eigenvalue weighted by Crippen LogP contribution is -2.39. The monoisotopic (exact) mass is 275 g/mol. The lowest BCUT2D eigenvalue weighted by molar-refractivity contribution is -0.140. The molecule has 1 aromatic carbocycles. The summed E-state index contributed by atoms with van der Waals surface area (Å²) in [5.41, 5.74) is 0.621. The SMILES string of the molecule is CCCN(CC(F)(F)F)C(=O)c1ccc(C)c(O)c1. The van der Waals surface area contributed by atoms with Crippen LogP contribution in [-0.2, 0) is 0 Å². The number of carbonyl (C=O) groups is 1. The first kappa shape index (κ1) is 15.3. The molecular weight excluding hydrogens is 259 g/mol. The summed E-state index contributed by atoms with van der Waals surface area (Å²) in [5.74, 6) is -0.830. The summed E-state index contributed by atoms with van der Waals surface area (Å²) in [6.07, 6.45) is -4.00. The molecule has 1 rings (SSSR count). The molecule has 0 atom stereocenters. The van der Waals surface area contributed by atoms with E-state index in [9.17, 15) is 23.1 Å². The fraction of sp³-hybridized carbons (Fsp3) is 0.462. The second kappa shape index (κ2) is 5.95. The van der Waals surface area contributed by atoms with Crippen molar-refractivity contribution >= 4 is 5.91 Å². The van der Waals surface area contributed by atoms with Gasteiger partial charge in [0.15, 0.2) is 0 Å². The van der Waals surface area contributed by atoms with Gasteiger partial charge in [-0.2, -0.15) is 13.2 Å². The largest absolute Gasteiger partial charge is 0.508 e. The van der Waals surface area contributed by atoms with Gasteiger partial charge in [-0.05, 0) is 31.0 Å². The molecule has 0 saturated heterocycles. The van der Waals surface area contributed by atoms with Gasteiger partial charge < -0.3 is 10.0 Å². The number of halogens is 3. The standard InChI is InChI=1S/C13H16F3NO2/c1-3-6-17(8-13(14,15)16)12(19)10-5-4-9(2)11(18)7-10/h4-5,7,18H,3,6,8H2,1-2H3. The molecule has 0 saturated carbocycles. The summed E-state index contributed by atoms with van der Waals surface area (Å²) in [6.45, 7) is 2.08. The molecule has 0 heterocycles. The molecule has 0 unspecified atom stereocenters. The average molecular weight is 275 g/mol. The van der Waals surface area contributed by atoms with Crippen LogP contribution in [0.4, 0.5) is 13.2 Å². The summed E-state index contributed by atoms with van der Waals surface area (Å²) in [5, 5.41) is 9.50. The van der Waals surface area contributed by atoms with Crippen molar-refractivity contribution in [1.82, 2.24) is 4.90 Å². The number of hydrogen-bond donors (Lipinski definition) is 1. The normalized spacial score (nSPS) is 11.4. The van der Waals surface area contributed by atoms with E-state index in [0.717, 1.165) is 4.90 Å². The van der Waals surface area contributed by atoms with Crippen molar-refractivity contribution in [1.29, 1.82) is 0 Å². The number of nitrogens with zero attached hydrogens (tertiary/aromatic N) is 1. The van der Waals surface area contributed by atoms with Gasteiger partial charge in [0.1, 0.15) is 12.3 Å². The van der Waals surface area contributed by atoms with Crippen molar-refractivity contribution in [2.45, 2.75) is 26.4 Å². The third kappa shape index (κ3) is 4.46. The van der Waals surface area contributed by atoms with Crippen LogP contribution in [0.25, 0.3) is 0 Å². The molecule has 3 nitrogen and oxygen atoms in total. The molecule has 0 aliphatic carbocycles. The Morgan fingerprint density at radius 3 is 2.47 bits per heavy atom. The predicted octanol–water partition coefficient (Wildman–Crippen LogP) is 3.12. The number of benzene rings is 1. The number of carbonyl (C=O) groups excluding carboxylic acids is 1. The quantitative estimate of drug-likeness (QED) is 0.917. The Morgan fingerprint density at radius 1 is 1.37 bits per heavy atom. The highest BCUT2D eigenvalue weighted by Crippen LogP contribution is 2.21. The summed E-state index contributed by atoms with van der Waals surface area (Å²) in [4.78, 5) is 12.7. The minimum Gasteiger partial charge on any atom is -0.508 e. The van der Waals surface area contributed by atoms with Gasteiger partial charge in [-0.15, -0.1) is 0 Å². The second-order valence-electron chi connectivity index (χ2n) is 4.34. The van der Waals surface area contributed by atoms with Crippen molar-refractivity contribution in [2.75, 3.05) is 13.1 Å². The fourth-order valence-corrected chi connectivity index (χ4v) is 1.66. The number of phenols is 1. The zero-order valence-corrected chi connectivity index (χ0v) is 10.8. The Morgan fingerprint density at radius 2 is 2.00 bits per heavy atom. The molecule has 0 radical (unpaired) electrons. The Balaban J connectivity index is 2.95. The van der Waals surface area contributed by atoms with E-state index in [1.165, 1.54) is 18.2 Å². The van der Waals surface area contributed by atoms with Crippen molar-refractivity contribution in [2.24, 2.45) is 0 Å². The number of aromatic hydroxyl groups is 1. The first-order valence-electron chi connectivity index (χ1n) is 5.90. The molecule has 0 aliphatic heterocycles. The van der Waals surface area contributed by atoms with Crippen molar-refractivity contribution < 1.29 is 23.1 Å². The van der Waals surface area contributed by atoms with Gasteiger partial charge >= 0.3 is 6.18 Å². The summed E-state index contributed by atoms with van der Waals surface area (Å²) in [6, 6.07) is 4.10. The number of alkyl halides is 3. The number of phenolic OH excluding ortho intramolecular Hbond substituents is 1. The third-order valence-electron chi connectivity index (χ3n) is 2.61. The number of rotatable bonds is 4. The average Bonchev–Trinajstić information content (AvgIpc) is 2.29. The molecule has 1 aromatic rings. The Labute approximate surface area is 109 Å². The van der Waals surface area contributed by atoms with Crippen LogP contribution in [0, 0.1) is 6.92 Å². The molecule has 19 heavy (non-hydrogen) atoms. The molecule has 0 aromatic heterocycles. The van der Waals surface area contributed by atoms with Crippen molar-refractivity contribution in [3.8, 4) is 5.75 Å². The van der Waals surface area contributed by atoms with Gasteiger partial charge in [0.05, 0.1) is 0 Å². The van der Waals surface area contributed by atoms with Crippen LogP contribution < -0.4 is 0 Å². The molecule has 0 spiro atoms. The molecule has 0 aliphatic rings. The van der Waals surface area contributed by atoms with Crippen LogP contribution in [-0.4, -0.2) is 35.2 Å². The fourth-order valence-electron chi connectivity index (χ4n) is 1.66. The van der Waals surface area contributed by atoms with Crippen molar-refractivity contribution in [3.63, 3.8) is 0 Å². The topological polar surface area (TPSA) is 40.5 Å². The second-order valence-corrected chi connectivity index (χ2v) is 4.34. The summed E-state index contributed by atoms with van der Waals surface area (Å²) in [7, 11) is 0. The zero-order chi connectivity index (χ0) is 14.6. The highest BCUT2D eigenvalue weighted by molar-refractivity contribution is 5.94. The Bertz CT molecular complexity index is 458. The smallest absolute Gasteiger partial charge is 0.406 e. The van der Waals surface area contributed by atoms with Crippen molar-refractivity contribution in [3.05, 3.63) is 29.3 Å². The van der Waals surface area contributed by atoms with E-state index in [4.69, 9.17) is 0 Å². The minimum atomic E-state index is -4.43. The molecule has 0 bridgehead atoms. The van der Waals surface area contributed by atoms with Gasteiger partial charge in [-0.3, -0.25) is 4.79 Å². The molecule has 1 N–H and O–H groups in total. The van der Waals surface area contributed by atoms with Crippen LogP contribution in [0.2, 0.25) is 0 Å². The number of hydrogen-bond acceptors (Lipinski definition) is 2. The van der Waals surface area contributed by atoms with Gasteiger partial charge in [0.2, 0.25) is 0 Å². The maximum Gasteiger partial charge on any atom is 0.406 e. The van der Waals surface area contributed by atoms with E-state index in [1.54, 1.807) is 13.8 Å². The number of aryl methyl sites for hydroxylation is 1. The molecule has 1 amide bonds. The maximum absolute atomic E-state index is 12.4. The summed E-state index contributed by atoms with van der Waals surface area (Å²) >= 11 is 0. The van der Waals surface area contributed by atoms with Crippen LogP contribution in [0.3, 0.4) is 0 Å². The lowest BCUT2D eigenvalue weighted by atomic mass is 10.1. The lowest BCUT2D eigenvalue weighted by Gasteiger charge is -2.23. The first-order valence-corrected chi connectivity index (χ1v) is 5.90. The van der Waals surface area contributed by atoms with Crippen LogP contribution in [0.1, 0.15) is 29.3 Å². The highest BCUT2D eigenvalue weighted by atomic mass is 19.4. The van der Waals surface area contributed by atoms with Gasteiger partial charge in [0.25, 0.3) is 5.91 Å². The van der Waals surface area contributed by atoms with E-state index in [1.807, 2.05) is 0 Å². The van der Waals surface area contributed by atoms with Gasteiger partial charge in [0, 0.05) is 12.1 Å². The van der Waals surface area contributed by atoms with E-state index in [0.29, 0.717) is 12.0 Å². The van der Waals surface area contributed by atoms with Crippen LogP contribution >= 0.6 is 0 Å². The van der Waals surface area contributed by atoms with E-state index in [2.05, 4.69) is 0 Å². The van der Waals surface area contributed by atoms with Gasteiger partial charge in [-0.25, -0.2) is 0 Å². The maximum atomic E-state index is 12.4. The van der Waals surface area contributed by atoms with E-state index >= 15 is 0 Å². The highest BCUT2D eigenvalue weighted by Gasteiger charge is 2.33.